The van der Waals surface area contributed by atoms with E-state index >= 15 is 0 Å². The van der Waals surface area contributed by atoms with E-state index in [4.69, 9.17) is 5.73 Å². The van der Waals surface area contributed by atoms with Gasteiger partial charge in [-0.05, 0) is 18.2 Å². The SMILES string of the molecule is Nc1cc(Br)ccc1S(=O)(=O)NC1CNC(=O)C1. The molecule has 1 aliphatic heterocycles. The Morgan fingerprint density at radius 1 is 1.44 bits per heavy atom. The maximum Gasteiger partial charge on any atom is 0.242 e. The molecule has 0 radical (unpaired) electrons. The van der Waals surface area contributed by atoms with Crippen LogP contribution in [0.15, 0.2) is 27.6 Å². The molecule has 1 aromatic carbocycles. The molecule has 0 bridgehead atoms. The van der Waals surface area contributed by atoms with E-state index < -0.39 is 16.1 Å². The molecule has 0 aromatic heterocycles. The first-order chi connectivity index (χ1) is 8.38. The van der Waals surface area contributed by atoms with Crippen LogP contribution in [-0.2, 0) is 14.8 Å². The predicted molar refractivity (Wildman–Crippen MR) is 70.3 cm³/mol. The van der Waals surface area contributed by atoms with Crippen LogP contribution in [0, 0.1) is 0 Å². The molecule has 1 aromatic rings. The molecule has 1 unspecified atom stereocenters. The molecule has 0 saturated carbocycles. The molecule has 1 amide bonds. The Kier molecular flexibility index (Phi) is 3.60. The lowest BCUT2D eigenvalue weighted by atomic mass is 10.3. The standard InChI is InChI=1S/C10H12BrN3O3S/c11-6-1-2-9(8(12)3-6)18(16,17)14-7-4-10(15)13-5-7/h1-3,7,14H,4-5,12H2,(H,13,15). The lowest BCUT2D eigenvalue weighted by Crippen LogP contribution is -2.36. The highest BCUT2D eigenvalue weighted by atomic mass is 79.9. The number of nitrogens with one attached hydrogen (secondary N) is 2. The van der Waals surface area contributed by atoms with Crippen molar-refractivity contribution in [2.45, 2.75) is 17.4 Å². The zero-order valence-corrected chi connectivity index (χ0v) is 11.7. The maximum atomic E-state index is 12.1. The molecule has 6 nitrogen and oxygen atoms in total. The summed E-state index contributed by atoms with van der Waals surface area (Å²) in [5.74, 6) is -0.161. The van der Waals surface area contributed by atoms with Crippen LogP contribution in [0.2, 0.25) is 0 Å². The molecule has 18 heavy (non-hydrogen) atoms. The fraction of sp³-hybridized carbons (Fsp3) is 0.300. The number of carbonyl (C=O) groups excluding carboxylic acids is 1. The molecule has 1 heterocycles. The normalized spacial score (nSPS) is 19.8. The molecule has 0 spiro atoms. The van der Waals surface area contributed by atoms with Crippen LogP contribution in [0.4, 0.5) is 5.69 Å². The first-order valence-electron chi connectivity index (χ1n) is 5.22. The number of amides is 1. The van der Waals surface area contributed by atoms with Crippen molar-refractivity contribution in [3.63, 3.8) is 0 Å². The summed E-state index contributed by atoms with van der Waals surface area (Å²) in [5, 5.41) is 2.56. The van der Waals surface area contributed by atoms with Gasteiger partial charge in [-0.15, -0.1) is 0 Å². The van der Waals surface area contributed by atoms with Gasteiger partial charge >= 0.3 is 0 Å². The molecule has 8 heteroatoms. The zero-order valence-electron chi connectivity index (χ0n) is 9.31. The fourth-order valence-electron chi connectivity index (χ4n) is 1.74. The second-order valence-electron chi connectivity index (χ2n) is 4.01. The quantitative estimate of drug-likeness (QED) is 0.687. The Labute approximate surface area is 113 Å². The first kappa shape index (κ1) is 13.3. The number of halogens is 1. The Morgan fingerprint density at radius 2 is 2.17 bits per heavy atom. The Balaban J connectivity index is 2.23. The molecule has 4 N–H and O–H groups in total. The zero-order chi connectivity index (χ0) is 13.3. The van der Waals surface area contributed by atoms with Gasteiger partial charge in [0.25, 0.3) is 0 Å². The van der Waals surface area contributed by atoms with Gasteiger partial charge in [0.2, 0.25) is 15.9 Å². The van der Waals surface area contributed by atoms with Gasteiger partial charge < -0.3 is 11.1 Å². The predicted octanol–water partition coefficient (Wildman–Crippen LogP) is 0.198. The van der Waals surface area contributed by atoms with Gasteiger partial charge in [0.15, 0.2) is 0 Å². The van der Waals surface area contributed by atoms with Gasteiger partial charge in [-0.25, -0.2) is 13.1 Å². The van der Waals surface area contributed by atoms with E-state index in [-0.39, 0.29) is 22.9 Å². The largest absolute Gasteiger partial charge is 0.398 e. The van der Waals surface area contributed by atoms with Gasteiger partial charge in [0.1, 0.15) is 4.90 Å². The van der Waals surface area contributed by atoms with Crippen molar-refractivity contribution in [2.75, 3.05) is 12.3 Å². The number of rotatable bonds is 3. The van der Waals surface area contributed by atoms with Crippen molar-refractivity contribution >= 4 is 37.5 Å². The molecule has 98 valence electrons. The van der Waals surface area contributed by atoms with Crippen LogP contribution >= 0.6 is 15.9 Å². The Morgan fingerprint density at radius 3 is 2.72 bits per heavy atom. The Bertz CT molecular complexity index is 588. The number of anilines is 1. The highest BCUT2D eigenvalue weighted by Crippen LogP contribution is 2.23. The molecule has 1 atom stereocenters. The second kappa shape index (κ2) is 4.87. The van der Waals surface area contributed by atoms with Crippen LogP contribution in [0.3, 0.4) is 0 Å². The van der Waals surface area contributed by atoms with E-state index in [0.29, 0.717) is 11.0 Å². The second-order valence-corrected chi connectivity index (χ2v) is 6.61. The van der Waals surface area contributed by atoms with Gasteiger partial charge in [-0.1, -0.05) is 15.9 Å². The molecule has 1 saturated heterocycles. The van der Waals surface area contributed by atoms with E-state index in [1.165, 1.54) is 12.1 Å². The summed E-state index contributed by atoms with van der Waals surface area (Å²) >= 11 is 3.21. The highest BCUT2D eigenvalue weighted by molar-refractivity contribution is 9.10. The van der Waals surface area contributed by atoms with Crippen LogP contribution in [0.1, 0.15) is 6.42 Å². The number of carbonyl (C=O) groups is 1. The minimum atomic E-state index is -3.70. The number of nitrogens with two attached hydrogens (primary N) is 1. The number of benzene rings is 1. The average molecular weight is 334 g/mol. The molecular weight excluding hydrogens is 322 g/mol. The molecule has 1 fully saturated rings. The van der Waals surface area contributed by atoms with E-state index in [9.17, 15) is 13.2 Å². The topological polar surface area (TPSA) is 101 Å². The Hall–Kier alpha value is -1.12. The fourth-order valence-corrected chi connectivity index (χ4v) is 3.46. The number of hydrogen-bond acceptors (Lipinski definition) is 4. The summed E-state index contributed by atoms with van der Waals surface area (Å²) in [4.78, 5) is 11.0. The van der Waals surface area contributed by atoms with Crippen molar-refractivity contribution in [1.29, 1.82) is 0 Å². The number of sulfonamides is 1. The van der Waals surface area contributed by atoms with Crippen molar-refractivity contribution in [2.24, 2.45) is 0 Å². The lowest BCUT2D eigenvalue weighted by molar-refractivity contribution is -0.119. The van der Waals surface area contributed by atoms with Crippen molar-refractivity contribution < 1.29 is 13.2 Å². The molecule has 1 aliphatic rings. The van der Waals surface area contributed by atoms with E-state index in [0.717, 1.165) is 0 Å². The van der Waals surface area contributed by atoms with Crippen LogP contribution in [0.25, 0.3) is 0 Å². The third-order valence-corrected chi connectivity index (χ3v) is 4.65. The van der Waals surface area contributed by atoms with Crippen molar-refractivity contribution in [3.8, 4) is 0 Å². The molecule has 2 rings (SSSR count). The summed E-state index contributed by atoms with van der Waals surface area (Å²) in [6.07, 6.45) is 0.148. The third kappa shape index (κ3) is 2.82. The molecule has 0 aliphatic carbocycles. The monoisotopic (exact) mass is 333 g/mol. The van der Waals surface area contributed by atoms with E-state index in [2.05, 4.69) is 26.0 Å². The first-order valence-corrected chi connectivity index (χ1v) is 7.50. The maximum absolute atomic E-state index is 12.1. The average Bonchev–Trinajstić information content (AvgIpc) is 2.62. The van der Waals surface area contributed by atoms with Gasteiger partial charge in [-0.2, -0.15) is 0 Å². The van der Waals surface area contributed by atoms with Gasteiger partial charge in [0.05, 0.1) is 5.69 Å². The molecular formula is C10H12BrN3O3S. The van der Waals surface area contributed by atoms with E-state index in [1.54, 1.807) is 6.07 Å². The van der Waals surface area contributed by atoms with Crippen molar-refractivity contribution in [1.82, 2.24) is 10.0 Å². The van der Waals surface area contributed by atoms with Crippen molar-refractivity contribution in [3.05, 3.63) is 22.7 Å². The summed E-state index contributed by atoms with van der Waals surface area (Å²) in [6.45, 7) is 0.300. The summed E-state index contributed by atoms with van der Waals surface area (Å²) in [7, 11) is -3.70. The third-order valence-electron chi connectivity index (χ3n) is 2.56. The summed E-state index contributed by atoms with van der Waals surface area (Å²) < 4.78 is 27.3. The van der Waals surface area contributed by atoms with Gasteiger partial charge in [0, 0.05) is 23.5 Å². The summed E-state index contributed by atoms with van der Waals surface area (Å²) in [5.41, 5.74) is 5.84. The van der Waals surface area contributed by atoms with Crippen LogP contribution < -0.4 is 15.8 Å². The minimum Gasteiger partial charge on any atom is -0.398 e. The number of nitrogen functional groups attached to an aromatic ring is 1. The highest BCUT2D eigenvalue weighted by Gasteiger charge is 2.27. The number of hydrogen-bond donors (Lipinski definition) is 3. The minimum absolute atomic E-state index is 0.0186. The van der Waals surface area contributed by atoms with Crippen LogP contribution in [0.5, 0.6) is 0 Å². The summed E-state index contributed by atoms with van der Waals surface area (Å²) in [6, 6.07) is 4.12. The lowest BCUT2D eigenvalue weighted by Gasteiger charge is -2.12. The van der Waals surface area contributed by atoms with Crippen LogP contribution in [-0.4, -0.2) is 26.9 Å². The smallest absolute Gasteiger partial charge is 0.242 e. The van der Waals surface area contributed by atoms with Gasteiger partial charge in [-0.3, -0.25) is 4.79 Å². The van der Waals surface area contributed by atoms with E-state index in [1.807, 2.05) is 0 Å².